The summed E-state index contributed by atoms with van der Waals surface area (Å²) < 4.78 is 11.1. The lowest BCUT2D eigenvalue weighted by atomic mass is 10.1. The Morgan fingerprint density at radius 3 is 2.67 bits per heavy atom. The summed E-state index contributed by atoms with van der Waals surface area (Å²) >= 11 is 0. The Morgan fingerprint density at radius 1 is 1.50 bits per heavy atom. The maximum atomic E-state index is 11.3. The van der Waals surface area contributed by atoms with Crippen LogP contribution in [0.3, 0.4) is 0 Å². The first-order valence-electron chi connectivity index (χ1n) is 5.93. The monoisotopic (exact) mass is 255 g/mol. The van der Waals surface area contributed by atoms with Gasteiger partial charge in [0.2, 0.25) is 0 Å². The minimum Gasteiger partial charge on any atom is -0.465 e. The Kier molecular flexibility index (Phi) is 4.93. The van der Waals surface area contributed by atoms with Crippen molar-refractivity contribution in [3.05, 3.63) is 25.3 Å². The Bertz CT molecular complexity index is 327. The van der Waals surface area contributed by atoms with Gasteiger partial charge >= 0.3 is 6.09 Å². The molecule has 0 aromatic rings. The van der Waals surface area contributed by atoms with Crippen molar-refractivity contribution in [1.82, 2.24) is 4.90 Å². The average Bonchev–Trinajstić information content (AvgIpc) is 2.50. The molecule has 0 spiro atoms. The van der Waals surface area contributed by atoms with Crippen molar-refractivity contribution in [2.24, 2.45) is 0 Å². The van der Waals surface area contributed by atoms with Gasteiger partial charge in [0.1, 0.15) is 11.8 Å². The molecule has 1 saturated heterocycles. The molecule has 2 unspecified atom stereocenters. The average molecular weight is 255 g/mol. The molecule has 1 fully saturated rings. The summed E-state index contributed by atoms with van der Waals surface area (Å²) in [5, 5.41) is 9.29. The molecule has 5 heteroatoms. The van der Waals surface area contributed by atoms with E-state index >= 15 is 0 Å². The summed E-state index contributed by atoms with van der Waals surface area (Å²) in [6.45, 7) is 11.5. The highest BCUT2D eigenvalue weighted by molar-refractivity contribution is 5.67. The normalized spacial score (nSPS) is 26.0. The highest BCUT2D eigenvalue weighted by atomic mass is 16.6. The fraction of sp³-hybridized carbons (Fsp3) is 0.615. The van der Waals surface area contributed by atoms with Gasteiger partial charge in [0.05, 0.1) is 19.3 Å². The molecule has 0 radical (unpaired) electrons. The summed E-state index contributed by atoms with van der Waals surface area (Å²) in [6.07, 6.45) is 2.62. The molecular weight excluding hydrogens is 234 g/mol. The highest BCUT2D eigenvalue weighted by Crippen LogP contribution is 2.34. The van der Waals surface area contributed by atoms with Gasteiger partial charge in [-0.05, 0) is 20.3 Å². The number of amides is 1. The van der Waals surface area contributed by atoms with E-state index in [0.717, 1.165) is 0 Å². The zero-order chi connectivity index (χ0) is 13.8. The Labute approximate surface area is 108 Å². The van der Waals surface area contributed by atoms with Gasteiger partial charge < -0.3 is 14.6 Å². The van der Waals surface area contributed by atoms with Crippen LogP contribution in [0.5, 0.6) is 0 Å². The van der Waals surface area contributed by atoms with E-state index in [4.69, 9.17) is 9.47 Å². The molecule has 0 aliphatic carbocycles. The highest BCUT2D eigenvalue weighted by Gasteiger charge is 2.49. The van der Waals surface area contributed by atoms with Gasteiger partial charge in [0.15, 0.2) is 0 Å². The van der Waals surface area contributed by atoms with Gasteiger partial charge in [-0.3, -0.25) is 4.90 Å². The fourth-order valence-electron chi connectivity index (χ4n) is 2.28. The van der Waals surface area contributed by atoms with Gasteiger partial charge in [0.25, 0.3) is 0 Å². The zero-order valence-corrected chi connectivity index (χ0v) is 11.0. The molecular formula is C13H21NO4. The molecule has 1 rings (SSSR count). The molecule has 0 bridgehead atoms. The first kappa shape index (κ1) is 14.7. The van der Waals surface area contributed by atoms with Crippen LogP contribution < -0.4 is 0 Å². The van der Waals surface area contributed by atoms with E-state index in [-0.39, 0.29) is 12.1 Å². The molecule has 1 aliphatic rings. The van der Waals surface area contributed by atoms with E-state index in [0.29, 0.717) is 19.6 Å². The quantitative estimate of drug-likeness (QED) is 0.584. The number of hydrogen-bond acceptors (Lipinski definition) is 3. The molecule has 5 nitrogen and oxygen atoms in total. The maximum Gasteiger partial charge on any atom is 0.409 e. The third-order valence-electron chi connectivity index (χ3n) is 2.91. The van der Waals surface area contributed by atoms with Crippen LogP contribution >= 0.6 is 0 Å². The van der Waals surface area contributed by atoms with E-state index in [1.54, 1.807) is 26.0 Å². The molecule has 0 aromatic carbocycles. The summed E-state index contributed by atoms with van der Waals surface area (Å²) in [7, 11) is 0. The third-order valence-corrected chi connectivity index (χ3v) is 2.91. The second-order valence-corrected chi connectivity index (χ2v) is 4.67. The second-order valence-electron chi connectivity index (χ2n) is 4.67. The van der Waals surface area contributed by atoms with Gasteiger partial charge in [-0.1, -0.05) is 12.2 Å². The molecule has 102 valence electrons. The van der Waals surface area contributed by atoms with Crippen LogP contribution in [0.2, 0.25) is 0 Å². The zero-order valence-electron chi connectivity index (χ0n) is 11.0. The van der Waals surface area contributed by atoms with Crippen LogP contribution in [-0.2, 0) is 9.47 Å². The van der Waals surface area contributed by atoms with E-state index < -0.39 is 11.8 Å². The van der Waals surface area contributed by atoms with Crippen molar-refractivity contribution in [1.29, 1.82) is 0 Å². The summed E-state index contributed by atoms with van der Waals surface area (Å²) in [4.78, 5) is 12.7. The van der Waals surface area contributed by atoms with Crippen molar-refractivity contribution in [3.8, 4) is 0 Å². The smallest absolute Gasteiger partial charge is 0.409 e. The molecule has 1 amide bonds. The van der Waals surface area contributed by atoms with Gasteiger partial charge in [-0.2, -0.15) is 0 Å². The van der Waals surface area contributed by atoms with Crippen molar-refractivity contribution in [2.45, 2.75) is 38.1 Å². The molecule has 2 atom stereocenters. The van der Waals surface area contributed by atoms with Gasteiger partial charge in [-0.15, -0.1) is 13.2 Å². The number of nitrogens with zero attached hydrogens (tertiary/aromatic N) is 1. The standard InChI is InChI=1S/C13H21NO4/c1-5-7-10-11(9-17-8-6-2)18-13(3,4)14(10)12(15)16/h5-6,10-11H,1-2,7-9H2,3-4H3,(H,15,16). The predicted octanol–water partition coefficient (Wildman–Crippen LogP) is 2.25. The van der Waals surface area contributed by atoms with Crippen molar-refractivity contribution >= 4 is 6.09 Å². The fourth-order valence-corrected chi connectivity index (χ4v) is 2.28. The van der Waals surface area contributed by atoms with E-state index in [1.807, 2.05) is 0 Å². The maximum absolute atomic E-state index is 11.3. The molecule has 1 aliphatic heterocycles. The Morgan fingerprint density at radius 2 is 2.17 bits per heavy atom. The first-order chi connectivity index (χ1) is 8.44. The minimum atomic E-state index is -0.988. The summed E-state index contributed by atoms with van der Waals surface area (Å²) in [5.74, 6) is 0. The molecule has 18 heavy (non-hydrogen) atoms. The molecule has 1 heterocycles. The lowest BCUT2D eigenvalue weighted by Gasteiger charge is -2.30. The topological polar surface area (TPSA) is 59.0 Å². The van der Waals surface area contributed by atoms with E-state index in [1.165, 1.54) is 4.90 Å². The van der Waals surface area contributed by atoms with Gasteiger partial charge in [0, 0.05) is 0 Å². The SMILES string of the molecule is C=CCOCC1OC(C)(C)N(C(=O)O)C1CC=C. The predicted molar refractivity (Wildman–Crippen MR) is 68.4 cm³/mol. The van der Waals surface area contributed by atoms with Crippen LogP contribution in [0.25, 0.3) is 0 Å². The molecule has 1 N–H and O–H groups in total. The lowest BCUT2D eigenvalue weighted by molar-refractivity contribution is -0.0832. The van der Waals surface area contributed by atoms with Crippen LogP contribution in [0.1, 0.15) is 20.3 Å². The van der Waals surface area contributed by atoms with E-state index in [2.05, 4.69) is 13.2 Å². The third kappa shape index (κ3) is 3.11. The van der Waals surface area contributed by atoms with Crippen LogP contribution in [0.4, 0.5) is 4.79 Å². The van der Waals surface area contributed by atoms with Crippen LogP contribution in [-0.4, -0.2) is 47.2 Å². The summed E-state index contributed by atoms with van der Waals surface area (Å²) in [5.41, 5.74) is -0.846. The van der Waals surface area contributed by atoms with Crippen LogP contribution in [0, 0.1) is 0 Å². The Balaban J connectivity index is 2.81. The van der Waals surface area contributed by atoms with Crippen LogP contribution in [0.15, 0.2) is 25.3 Å². The number of carboxylic acid groups (broad SMARTS) is 1. The van der Waals surface area contributed by atoms with Crippen molar-refractivity contribution < 1.29 is 19.4 Å². The van der Waals surface area contributed by atoms with Gasteiger partial charge in [-0.25, -0.2) is 4.79 Å². The Hall–Kier alpha value is -1.33. The van der Waals surface area contributed by atoms with E-state index in [9.17, 15) is 9.90 Å². The minimum absolute atomic E-state index is 0.264. The van der Waals surface area contributed by atoms with Crippen molar-refractivity contribution in [3.63, 3.8) is 0 Å². The molecule has 0 saturated carbocycles. The lowest BCUT2D eigenvalue weighted by Crippen LogP contribution is -2.47. The van der Waals surface area contributed by atoms with Crippen molar-refractivity contribution in [2.75, 3.05) is 13.2 Å². The summed E-state index contributed by atoms with van der Waals surface area (Å²) in [6, 6.07) is -0.264. The first-order valence-corrected chi connectivity index (χ1v) is 5.93. The second kappa shape index (κ2) is 6.02. The number of hydrogen-bond donors (Lipinski definition) is 1. The number of ether oxygens (including phenoxy) is 2. The largest absolute Gasteiger partial charge is 0.465 e. The molecule has 0 aromatic heterocycles. The number of carbonyl (C=O) groups is 1. The number of rotatable bonds is 6.